The summed E-state index contributed by atoms with van der Waals surface area (Å²) in [5, 5.41) is 3.46. The first-order valence-electron chi connectivity index (χ1n) is 8.24. The van der Waals surface area contributed by atoms with Crippen LogP contribution >= 0.6 is 23.4 Å². The largest absolute Gasteiger partial charge is 0.379 e. The predicted octanol–water partition coefficient (Wildman–Crippen LogP) is 3.74. The Labute approximate surface area is 163 Å². The molecule has 0 saturated heterocycles. The highest BCUT2D eigenvalue weighted by Gasteiger charge is 2.58. The van der Waals surface area contributed by atoms with Crippen LogP contribution in [0.1, 0.15) is 22.5 Å². The van der Waals surface area contributed by atoms with E-state index in [9.17, 15) is 13.6 Å². The van der Waals surface area contributed by atoms with E-state index in [2.05, 4.69) is 15.3 Å². The minimum absolute atomic E-state index is 0.0996. The van der Waals surface area contributed by atoms with Crippen LogP contribution in [-0.2, 0) is 5.54 Å². The number of alkyl halides is 1. The molecule has 4 rings (SSSR count). The van der Waals surface area contributed by atoms with Gasteiger partial charge >= 0.3 is 0 Å². The minimum atomic E-state index is -1.34. The molecule has 27 heavy (non-hydrogen) atoms. The van der Waals surface area contributed by atoms with Crippen molar-refractivity contribution in [2.45, 2.75) is 17.2 Å². The predicted molar refractivity (Wildman–Crippen MR) is 102 cm³/mol. The Kier molecular flexibility index (Phi) is 4.55. The van der Waals surface area contributed by atoms with Gasteiger partial charge in [-0.3, -0.25) is 4.79 Å². The van der Waals surface area contributed by atoms with Gasteiger partial charge in [0, 0.05) is 28.6 Å². The highest BCUT2D eigenvalue weighted by Crippen LogP contribution is 2.58. The van der Waals surface area contributed by atoms with E-state index in [0.29, 0.717) is 10.7 Å². The number of amides is 1. The Morgan fingerprint density at radius 3 is 2.93 bits per heavy atom. The number of aromatic nitrogens is 1. The molecule has 1 unspecified atom stereocenters. The number of anilines is 1. The molecular formula is C18H15ClF2N4OS. The second kappa shape index (κ2) is 6.76. The average Bonchev–Trinajstić information content (AvgIpc) is 3.43. The van der Waals surface area contributed by atoms with E-state index < -0.39 is 23.9 Å². The van der Waals surface area contributed by atoms with Crippen LogP contribution in [0.5, 0.6) is 0 Å². The molecule has 3 atom stereocenters. The van der Waals surface area contributed by atoms with Crippen LogP contribution < -0.4 is 11.1 Å². The number of carbonyl (C=O) groups is 1. The number of aliphatic imine (C=N–C) groups is 1. The summed E-state index contributed by atoms with van der Waals surface area (Å²) in [7, 11) is 0. The Bertz CT molecular complexity index is 939. The van der Waals surface area contributed by atoms with Gasteiger partial charge in [0.25, 0.3) is 5.91 Å². The van der Waals surface area contributed by atoms with Gasteiger partial charge in [-0.15, -0.1) is 0 Å². The normalized spacial score (nSPS) is 26.1. The Morgan fingerprint density at radius 1 is 1.41 bits per heavy atom. The number of benzene rings is 1. The van der Waals surface area contributed by atoms with Crippen molar-refractivity contribution in [3.63, 3.8) is 0 Å². The number of halogens is 3. The maximum absolute atomic E-state index is 14.6. The van der Waals surface area contributed by atoms with Crippen LogP contribution in [0.3, 0.4) is 0 Å². The number of rotatable bonds is 4. The Balaban J connectivity index is 1.66. The molecule has 140 valence electrons. The van der Waals surface area contributed by atoms with Crippen LogP contribution in [0, 0.1) is 11.7 Å². The van der Waals surface area contributed by atoms with Crippen molar-refractivity contribution >= 4 is 40.1 Å². The highest BCUT2D eigenvalue weighted by atomic mass is 35.5. The van der Waals surface area contributed by atoms with E-state index >= 15 is 0 Å². The smallest absolute Gasteiger partial charge is 0.274 e. The summed E-state index contributed by atoms with van der Waals surface area (Å²) < 4.78 is 28.7. The number of hydrogen-bond donors (Lipinski definition) is 2. The third kappa shape index (κ3) is 3.27. The van der Waals surface area contributed by atoms with E-state index in [1.807, 2.05) is 0 Å². The number of pyridine rings is 1. The standard InChI is InChI=1S/C18H15ClF2N4OS/c19-9-1-4-14(23-7-9)16(26)24-10-2-3-13(21)11(5-10)18(8-20)12-6-15(12)27-17(22)25-18/h1-5,7,12,15H,6,8H2,(H2,22,25)(H,24,26)/t12-,15?,18-/m1/s1. The van der Waals surface area contributed by atoms with Crippen molar-refractivity contribution in [2.75, 3.05) is 12.0 Å². The highest BCUT2D eigenvalue weighted by molar-refractivity contribution is 8.14. The molecule has 1 aliphatic carbocycles. The fourth-order valence-corrected chi connectivity index (χ4v) is 4.70. The zero-order valence-electron chi connectivity index (χ0n) is 14.0. The van der Waals surface area contributed by atoms with Gasteiger partial charge in [0.1, 0.15) is 23.7 Å². The van der Waals surface area contributed by atoms with E-state index in [1.165, 1.54) is 42.2 Å². The molecular weight excluding hydrogens is 394 g/mol. The van der Waals surface area contributed by atoms with Crippen LogP contribution in [-0.4, -0.2) is 28.0 Å². The fraction of sp³-hybridized carbons (Fsp3) is 0.278. The molecule has 0 bridgehead atoms. The summed E-state index contributed by atoms with van der Waals surface area (Å²) in [5.41, 5.74) is 5.07. The number of thioether (sulfide) groups is 1. The number of fused-ring (bicyclic) bond motifs is 1. The van der Waals surface area contributed by atoms with Crippen molar-refractivity contribution < 1.29 is 13.6 Å². The van der Waals surface area contributed by atoms with Gasteiger partial charge in [-0.1, -0.05) is 23.4 Å². The molecule has 1 fully saturated rings. The third-order valence-electron chi connectivity index (χ3n) is 4.78. The van der Waals surface area contributed by atoms with E-state index in [0.717, 1.165) is 6.42 Å². The summed E-state index contributed by atoms with van der Waals surface area (Å²) in [6.07, 6.45) is 2.08. The Hall–Kier alpha value is -2.19. The quantitative estimate of drug-likeness (QED) is 0.807. The number of nitrogens with one attached hydrogen (secondary N) is 1. The second-order valence-corrected chi connectivity index (χ2v) is 8.21. The summed E-state index contributed by atoms with van der Waals surface area (Å²) >= 11 is 7.16. The van der Waals surface area contributed by atoms with Gasteiger partial charge in [-0.25, -0.2) is 18.8 Å². The lowest BCUT2D eigenvalue weighted by atomic mass is 9.86. The van der Waals surface area contributed by atoms with Crippen molar-refractivity contribution in [3.05, 3.63) is 58.6 Å². The van der Waals surface area contributed by atoms with Gasteiger partial charge in [0.05, 0.1) is 5.02 Å². The lowest BCUT2D eigenvalue weighted by Crippen LogP contribution is -2.36. The number of nitrogens with two attached hydrogens (primary N) is 1. The third-order valence-corrected chi connectivity index (χ3v) is 6.16. The number of hydrogen-bond acceptors (Lipinski definition) is 5. The molecule has 1 amide bonds. The van der Waals surface area contributed by atoms with Crippen molar-refractivity contribution in [1.29, 1.82) is 0 Å². The van der Waals surface area contributed by atoms with Crippen molar-refractivity contribution in [2.24, 2.45) is 16.6 Å². The van der Waals surface area contributed by atoms with Gasteiger partial charge in [-0.2, -0.15) is 0 Å². The van der Waals surface area contributed by atoms with Gasteiger partial charge < -0.3 is 11.1 Å². The second-order valence-electron chi connectivity index (χ2n) is 6.52. The first-order chi connectivity index (χ1) is 12.9. The number of nitrogens with zero attached hydrogens (tertiary/aromatic N) is 2. The monoisotopic (exact) mass is 408 g/mol. The molecule has 2 heterocycles. The first-order valence-corrected chi connectivity index (χ1v) is 9.49. The van der Waals surface area contributed by atoms with Crippen LogP contribution in [0.25, 0.3) is 0 Å². The van der Waals surface area contributed by atoms with Gasteiger partial charge in [0.2, 0.25) is 0 Å². The molecule has 1 aromatic carbocycles. The topological polar surface area (TPSA) is 80.4 Å². The molecule has 0 radical (unpaired) electrons. The molecule has 1 aromatic heterocycles. The summed E-state index contributed by atoms with van der Waals surface area (Å²) in [6, 6.07) is 7.05. The molecule has 9 heteroatoms. The SMILES string of the molecule is NC1=N[C@](CF)(c2cc(NC(=O)c3ccc(Cl)cn3)ccc2F)[C@@H]2CC2S1. The molecule has 2 aromatic rings. The van der Waals surface area contributed by atoms with E-state index in [1.54, 1.807) is 6.07 Å². The molecule has 0 spiro atoms. The molecule has 2 aliphatic rings. The van der Waals surface area contributed by atoms with Crippen LogP contribution in [0.15, 0.2) is 41.5 Å². The summed E-state index contributed by atoms with van der Waals surface area (Å²) in [6.45, 7) is -0.859. The summed E-state index contributed by atoms with van der Waals surface area (Å²) in [4.78, 5) is 20.6. The van der Waals surface area contributed by atoms with E-state index in [-0.39, 0.29) is 27.6 Å². The molecule has 3 N–H and O–H groups in total. The van der Waals surface area contributed by atoms with E-state index in [4.69, 9.17) is 17.3 Å². The van der Waals surface area contributed by atoms with Gasteiger partial charge in [0.15, 0.2) is 5.17 Å². The maximum Gasteiger partial charge on any atom is 0.274 e. The van der Waals surface area contributed by atoms with Crippen LogP contribution in [0.4, 0.5) is 14.5 Å². The molecule has 5 nitrogen and oxygen atoms in total. The average molecular weight is 409 g/mol. The zero-order valence-corrected chi connectivity index (χ0v) is 15.5. The molecule has 1 aliphatic heterocycles. The number of carbonyl (C=O) groups excluding carboxylic acids is 1. The molecule has 1 saturated carbocycles. The first kappa shape index (κ1) is 18.2. The summed E-state index contributed by atoms with van der Waals surface area (Å²) in [5.74, 6) is -1.17. The van der Waals surface area contributed by atoms with Crippen LogP contribution in [0.2, 0.25) is 5.02 Å². The zero-order chi connectivity index (χ0) is 19.2. The lowest BCUT2D eigenvalue weighted by Gasteiger charge is -2.31. The van der Waals surface area contributed by atoms with Crippen molar-refractivity contribution in [1.82, 2.24) is 4.98 Å². The van der Waals surface area contributed by atoms with Gasteiger partial charge in [-0.05, 0) is 36.8 Å². The minimum Gasteiger partial charge on any atom is -0.379 e. The number of amidine groups is 1. The lowest BCUT2D eigenvalue weighted by molar-refractivity contribution is 0.102. The van der Waals surface area contributed by atoms with Crippen molar-refractivity contribution in [3.8, 4) is 0 Å². The fourth-order valence-electron chi connectivity index (χ4n) is 3.37. The Morgan fingerprint density at radius 2 is 2.22 bits per heavy atom. The maximum atomic E-state index is 14.6.